The van der Waals surface area contributed by atoms with Crippen LogP contribution in [-0.4, -0.2) is 19.6 Å². The number of fused-ring (bicyclic) bond motifs is 1. The van der Waals surface area contributed by atoms with Crippen LogP contribution in [0.2, 0.25) is 0 Å². The molecule has 0 fully saturated rings. The molecule has 5 heteroatoms. The lowest BCUT2D eigenvalue weighted by atomic mass is 10.1. The molecule has 0 aliphatic rings. The fraction of sp³-hybridized carbons (Fsp3) is 0.167. The summed E-state index contributed by atoms with van der Waals surface area (Å²) in [4.78, 5) is 0. The molecule has 0 amide bonds. The van der Waals surface area contributed by atoms with Gasteiger partial charge in [-0.1, -0.05) is 18.2 Å². The smallest absolute Gasteiger partial charge is 0.110 e. The Morgan fingerprint density at radius 3 is 2.53 bits per heavy atom. The molecular weight excluding hydrogens is 214 g/mol. The van der Waals surface area contributed by atoms with Crippen LogP contribution in [-0.2, 0) is 14.1 Å². The molecule has 2 heterocycles. The van der Waals surface area contributed by atoms with Crippen molar-refractivity contribution in [3.05, 3.63) is 30.5 Å². The first-order chi connectivity index (χ1) is 8.18. The lowest BCUT2D eigenvalue weighted by Gasteiger charge is -2.04. The lowest BCUT2D eigenvalue weighted by Crippen LogP contribution is -2.01. The highest BCUT2D eigenvalue weighted by Gasteiger charge is 2.16. The van der Waals surface area contributed by atoms with Gasteiger partial charge in [-0.25, -0.2) is 0 Å². The number of aromatic nitrogens is 4. The van der Waals surface area contributed by atoms with E-state index in [1.54, 1.807) is 10.9 Å². The fourth-order valence-corrected chi connectivity index (χ4v) is 2.17. The minimum Gasteiger partial charge on any atom is -0.396 e. The summed E-state index contributed by atoms with van der Waals surface area (Å²) in [6.07, 6.45) is 1.66. The van der Waals surface area contributed by atoms with E-state index in [0.29, 0.717) is 5.69 Å². The maximum atomic E-state index is 5.97. The molecule has 0 unspecified atom stereocenters. The highest BCUT2D eigenvalue weighted by atomic mass is 15.3. The molecule has 5 nitrogen and oxygen atoms in total. The second-order valence-electron chi connectivity index (χ2n) is 4.06. The van der Waals surface area contributed by atoms with E-state index in [1.807, 2.05) is 43.0 Å². The summed E-state index contributed by atoms with van der Waals surface area (Å²) in [6, 6.07) is 8.02. The van der Waals surface area contributed by atoms with E-state index in [-0.39, 0.29) is 0 Å². The number of nitrogens with zero attached hydrogens (tertiary/aromatic N) is 4. The molecule has 0 spiro atoms. The Labute approximate surface area is 98.5 Å². The van der Waals surface area contributed by atoms with Crippen molar-refractivity contribution in [3.63, 3.8) is 0 Å². The van der Waals surface area contributed by atoms with Crippen molar-refractivity contribution in [2.75, 3.05) is 5.73 Å². The van der Waals surface area contributed by atoms with Crippen molar-refractivity contribution < 1.29 is 0 Å². The highest BCUT2D eigenvalue weighted by Crippen LogP contribution is 2.31. The first-order valence-electron chi connectivity index (χ1n) is 5.38. The van der Waals surface area contributed by atoms with Gasteiger partial charge in [-0.2, -0.15) is 10.2 Å². The molecule has 2 aromatic heterocycles. The van der Waals surface area contributed by atoms with Crippen LogP contribution in [0.25, 0.3) is 22.3 Å². The van der Waals surface area contributed by atoms with Crippen molar-refractivity contribution >= 4 is 16.6 Å². The van der Waals surface area contributed by atoms with Gasteiger partial charge in [0, 0.05) is 19.5 Å². The molecule has 86 valence electrons. The summed E-state index contributed by atoms with van der Waals surface area (Å²) < 4.78 is 3.62. The van der Waals surface area contributed by atoms with Gasteiger partial charge >= 0.3 is 0 Å². The van der Waals surface area contributed by atoms with Crippen molar-refractivity contribution in [2.24, 2.45) is 14.1 Å². The zero-order valence-corrected chi connectivity index (χ0v) is 9.75. The zero-order valence-electron chi connectivity index (χ0n) is 9.75. The molecule has 3 aromatic rings. The first-order valence-corrected chi connectivity index (χ1v) is 5.38. The van der Waals surface area contributed by atoms with E-state index >= 15 is 0 Å². The minimum absolute atomic E-state index is 0.668. The topological polar surface area (TPSA) is 61.7 Å². The average molecular weight is 227 g/mol. The standard InChI is InChI=1S/C12H13N5/c1-16-12(9(13)7-14-16)11-8-5-3-4-6-10(8)15-17(11)2/h3-7H,13H2,1-2H3. The number of rotatable bonds is 1. The van der Waals surface area contributed by atoms with E-state index < -0.39 is 0 Å². The molecule has 0 bridgehead atoms. The number of benzene rings is 1. The van der Waals surface area contributed by atoms with Gasteiger partial charge in [0.25, 0.3) is 0 Å². The Balaban J connectivity index is 2.41. The van der Waals surface area contributed by atoms with E-state index in [0.717, 1.165) is 22.3 Å². The molecule has 2 N–H and O–H groups in total. The molecule has 0 aliphatic carbocycles. The van der Waals surface area contributed by atoms with Crippen LogP contribution in [0.3, 0.4) is 0 Å². The summed E-state index contributed by atoms with van der Waals surface area (Å²) in [7, 11) is 3.80. The van der Waals surface area contributed by atoms with Crippen LogP contribution in [0.5, 0.6) is 0 Å². The van der Waals surface area contributed by atoms with Crippen LogP contribution < -0.4 is 5.73 Å². The summed E-state index contributed by atoms with van der Waals surface area (Å²) in [6.45, 7) is 0. The Morgan fingerprint density at radius 1 is 1.06 bits per heavy atom. The number of hydrogen-bond acceptors (Lipinski definition) is 3. The van der Waals surface area contributed by atoms with Crippen LogP contribution in [0, 0.1) is 0 Å². The molecule has 0 saturated heterocycles. The lowest BCUT2D eigenvalue weighted by molar-refractivity contribution is 0.743. The molecule has 0 saturated carbocycles. The molecule has 0 atom stereocenters. The van der Waals surface area contributed by atoms with E-state index in [4.69, 9.17) is 5.73 Å². The van der Waals surface area contributed by atoms with Crippen LogP contribution in [0.4, 0.5) is 5.69 Å². The second-order valence-corrected chi connectivity index (χ2v) is 4.06. The van der Waals surface area contributed by atoms with Crippen LogP contribution in [0.15, 0.2) is 30.5 Å². The van der Waals surface area contributed by atoms with Crippen molar-refractivity contribution in [2.45, 2.75) is 0 Å². The zero-order chi connectivity index (χ0) is 12.0. The third-order valence-corrected chi connectivity index (χ3v) is 2.93. The quantitative estimate of drug-likeness (QED) is 0.686. The predicted octanol–water partition coefficient (Wildman–Crippen LogP) is 1.56. The van der Waals surface area contributed by atoms with E-state index in [2.05, 4.69) is 10.2 Å². The summed E-state index contributed by atoms with van der Waals surface area (Å²) >= 11 is 0. The molecule has 1 aromatic carbocycles. The van der Waals surface area contributed by atoms with Gasteiger partial charge in [0.2, 0.25) is 0 Å². The third-order valence-electron chi connectivity index (χ3n) is 2.93. The summed E-state index contributed by atoms with van der Waals surface area (Å²) in [5, 5.41) is 9.73. The van der Waals surface area contributed by atoms with Gasteiger partial charge < -0.3 is 5.73 Å². The fourth-order valence-electron chi connectivity index (χ4n) is 2.17. The summed E-state index contributed by atoms with van der Waals surface area (Å²) in [5.41, 5.74) is 9.50. The van der Waals surface area contributed by atoms with Crippen molar-refractivity contribution in [1.82, 2.24) is 19.6 Å². The second kappa shape index (κ2) is 3.35. The number of aryl methyl sites for hydroxylation is 2. The van der Waals surface area contributed by atoms with Gasteiger partial charge in [-0.15, -0.1) is 0 Å². The van der Waals surface area contributed by atoms with Crippen LogP contribution >= 0.6 is 0 Å². The molecular formula is C12H13N5. The molecule has 17 heavy (non-hydrogen) atoms. The maximum Gasteiger partial charge on any atom is 0.110 e. The molecule has 3 rings (SSSR count). The van der Waals surface area contributed by atoms with Gasteiger partial charge in [0.1, 0.15) is 5.69 Å². The maximum absolute atomic E-state index is 5.97. The third kappa shape index (κ3) is 1.32. The number of nitrogen functional groups attached to an aromatic ring is 1. The van der Waals surface area contributed by atoms with Gasteiger partial charge in [-0.3, -0.25) is 9.36 Å². The monoisotopic (exact) mass is 227 g/mol. The Hall–Kier alpha value is -2.30. The number of anilines is 1. The predicted molar refractivity (Wildman–Crippen MR) is 67.3 cm³/mol. The molecule has 0 aliphatic heterocycles. The first kappa shape index (κ1) is 9.89. The largest absolute Gasteiger partial charge is 0.396 e. The van der Waals surface area contributed by atoms with E-state index in [9.17, 15) is 0 Å². The SMILES string of the molecule is Cn1ncc(N)c1-c1c2ccccc2nn1C. The van der Waals surface area contributed by atoms with Gasteiger partial charge in [0.05, 0.1) is 23.1 Å². The summed E-state index contributed by atoms with van der Waals surface area (Å²) in [5.74, 6) is 0. The molecule has 0 radical (unpaired) electrons. The minimum atomic E-state index is 0.668. The van der Waals surface area contributed by atoms with Gasteiger partial charge in [0.15, 0.2) is 0 Å². The average Bonchev–Trinajstić information content (AvgIpc) is 2.79. The van der Waals surface area contributed by atoms with E-state index in [1.165, 1.54) is 0 Å². The Bertz CT molecular complexity index is 673. The highest BCUT2D eigenvalue weighted by molar-refractivity contribution is 5.94. The number of hydrogen-bond donors (Lipinski definition) is 1. The Morgan fingerprint density at radius 2 is 1.82 bits per heavy atom. The normalized spacial score (nSPS) is 11.2. The Kier molecular flexibility index (Phi) is 1.95. The van der Waals surface area contributed by atoms with Gasteiger partial charge in [-0.05, 0) is 6.07 Å². The van der Waals surface area contributed by atoms with Crippen molar-refractivity contribution in [3.8, 4) is 11.4 Å². The van der Waals surface area contributed by atoms with Crippen LogP contribution in [0.1, 0.15) is 0 Å². The van der Waals surface area contributed by atoms with Crippen molar-refractivity contribution in [1.29, 1.82) is 0 Å². The number of nitrogens with two attached hydrogens (primary N) is 1.